The number of hydrogen-bond donors (Lipinski definition) is 0. The molecule has 2 rings (SSSR count). The van der Waals surface area contributed by atoms with Gasteiger partial charge >= 0.3 is 5.97 Å². The molecule has 1 saturated heterocycles. The molecule has 0 bridgehead atoms. The van der Waals surface area contributed by atoms with E-state index in [1.54, 1.807) is 18.3 Å². The summed E-state index contributed by atoms with van der Waals surface area (Å²) in [6.45, 7) is 2.56. The highest BCUT2D eigenvalue weighted by atomic mass is 16.5. The third-order valence-corrected chi connectivity index (χ3v) is 3.34. The number of carbonyl (C=O) groups excluding carboxylic acids is 1. The fourth-order valence-electron chi connectivity index (χ4n) is 2.30. The van der Waals surface area contributed by atoms with E-state index in [-0.39, 0.29) is 5.97 Å². The largest absolute Gasteiger partial charge is 0.465 e. The topological polar surface area (TPSA) is 51.7 Å². The lowest BCUT2D eigenvalue weighted by Gasteiger charge is -2.27. The number of methoxy groups -OCH3 is 1. The first-order valence-corrected chi connectivity index (χ1v) is 6.54. The average Bonchev–Trinajstić information content (AvgIpc) is 2.47. The van der Waals surface area contributed by atoms with Gasteiger partial charge in [0.15, 0.2) is 0 Å². The fraction of sp³-hybridized carbons (Fsp3) is 0.571. The van der Waals surface area contributed by atoms with Crippen LogP contribution in [-0.4, -0.2) is 44.9 Å². The minimum absolute atomic E-state index is 0.335. The monoisotopic (exact) mass is 264 g/mol. The van der Waals surface area contributed by atoms with E-state index < -0.39 is 0 Å². The molecule has 0 radical (unpaired) electrons. The van der Waals surface area contributed by atoms with Gasteiger partial charge in [-0.25, -0.2) is 9.78 Å². The minimum atomic E-state index is -0.335. The van der Waals surface area contributed by atoms with Gasteiger partial charge in [0, 0.05) is 26.4 Å². The van der Waals surface area contributed by atoms with Crippen molar-refractivity contribution in [1.82, 2.24) is 4.98 Å². The molecular formula is C14H20N2O3. The van der Waals surface area contributed by atoms with E-state index in [4.69, 9.17) is 9.47 Å². The molecule has 1 fully saturated rings. The minimum Gasteiger partial charge on any atom is -0.465 e. The van der Waals surface area contributed by atoms with Crippen molar-refractivity contribution >= 4 is 11.8 Å². The summed E-state index contributed by atoms with van der Waals surface area (Å²) < 4.78 is 10.2. The van der Waals surface area contributed by atoms with Crippen LogP contribution >= 0.6 is 0 Å². The van der Waals surface area contributed by atoms with Crippen LogP contribution < -0.4 is 4.90 Å². The summed E-state index contributed by atoms with van der Waals surface area (Å²) in [5, 5.41) is 0. The molecule has 1 atom stereocenters. The Bertz CT molecular complexity index is 430. The first-order valence-electron chi connectivity index (χ1n) is 6.54. The Morgan fingerprint density at radius 3 is 3.16 bits per heavy atom. The molecule has 0 unspecified atom stereocenters. The van der Waals surface area contributed by atoms with Crippen LogP contribution in [0.15, 0.2) is 18.3 Å². The maximum Gasteiger partial charge on any atom is 0.338 e. The van der Waals surface area contributed by atoms with Crippen LogP contribution in [0.1, 0.15) is 23.2 Å². The van der Waals surface area contributed by atoms with Crippen molar-refractivity contribution in [3.05, 3.63) is 23.9 Å². The third kappa shape index (κ3) is 3.67. The summed E-state index contributed by atoms with van der Waals surface area (Å²) in [6, 6.07) is 3.42. The molecular weight excluding hydrogens is 244 g/mol. The highest BCUT2D eigenvalue weighted by Crippen LogP contribution is 2.18. The van der Waals surface area contributed by atoms with E-state index in [9.17, 15) is 4.79 Å². The van der Waals surface area contributed by atoms with Crippen molar-refractivity contribution in [3.8, 4) is 0 Å². The van der Waals surface area contributed by atoms with E-state index in [1.807, 2.05) is 7.05 Å². The lowest BCUT2D eigenvalue weighted by atomic mass is 10.0. The quantitative estimate of drug-likeness (QED) is 0.775. The van der Waals surface area contributed by atoms with Gasteiger partial charge in [-0.15, -0.1) is 0 Å². The van der Waals surface area contributed by atoms with Gasteiger partial charge in [0.25, 0.3) is 0 Å². The van der Waals surface area contributed by atoms with Crippen LogP contribution in [0.4, 0.5) is 5.82 Å². The summed E-state index contributed by atoms with van der Waals surface area (Å²) in [7, 11) is 3.36. The Morgan fingerprint density at radius 1 is 1.63 bits per heavy atom. The molecule has 19 heavy (non-hydrogen) atoms. The van der Waals surface area contributed by atoms with Gasteiger partial charge in [0.2, 0.25) is 0 Å². The molecule has 5 heteroatoms. The Labute approximate surface area is 113 Å². The number of ether oxygens (including phenoxy) is 2. The summed E-state index contributed by atoms with van der Waals surface area (Å²) in [6.07, 6.45) is 3.94. The lowest BCUT2D eigenvalue weighted by Crippen LogP contribution is -2.31. The molecule has 0 aliphatic carbocycles. The second-order valence-corrected chi connectivity index (χ2v) is 4.86. The van der Waals surface area contributed by atoms with E-state index in [0.717, 1.165) is 32.0 Å². The van der Waals surface area contributed by atoms with Gasteiger partial charge in [-0.1, -0.05) is 0 Å². The molecule has 1 aliphatic rings. The Balaban J connectivity index is 2.01. The smallest absolute Gasteiger partial charge is 0.338 e. The van der Waals surface area contributed by atoms with Gasteiger partial charge in [-0.05, 0) is 30.9 Å². The van der Waals surface area contributed by atoms with Crippen LogP contribution in [0, 0.1) is 5.92 Å². The van der Waals surface area contributed by atoms with Crippen LogP contribution in [0.5, 0.6) is 0 Å². The number of rotatable bonds is 4. The standard InChI is InChI=1S/C14H20N2O3/c1-16(9-11-4-3-7-19-10-11)13-8-12(5-6-15-13)14(17)18-2/h5-6,8,11H,3-4,7,9-10H2,1-2H3/t11-/m1/s1. The number of aromatic nitrogens is 1. The Kier molecular flexibility index (Phi) is 4.74. The van der Waals surface area contributed by atoms with E-state index >= 15 is 0 Å². The SMILES string of the molecule is COC(=O)c1ccnc(N(C)C[C@H]2CCCOC2)c1. The number of esters is 1. The Hall–Kier alpha value is -1.62. The van der Waals surface area contributed by atoms with Gasteiger partial charge in [0.05, 0.1) is 19.3 Å². The van der Waals surface area contributed by atoms with E-state index in [1.165, 1.54) is 13.5 Å². The summed E-state index contributed by atoms with van der Waals surface area (Å²) in [4.78, 5) is 17.8. The van der Waals surface area contributed by atoms with Crippen molar-refractivity contribution in [1.29, 1.82) is 0 Å². The molecule has 0 aromatic carbocycles. The van der Waals surface area contributed by atoms with Gasteiger partial charge in [-0.2, -0.15) is 0 Å². The number of pyridine rings is 1. The number of nitrogens with zero attached hydrogens (tertiary/aromatic N) is 2. The van der Waals surface area contributed by atoms with Crippen LogP contribution in [0.2, 0.25) is 0 Å². The molecule has 1 aromatic heterocycles. The number of carbonyl (C=O) groups is 1. The number of anilines is 1. The Morgan fingerprint density at radius 2 is 2.47 bits per heavy atom. The molecule has 1 aromatic rings. The first kappa shape index (κ1) is 13.8. The molecule has 0 amide bonds. The predicted molar refractivity (Wildman–Crippen MR) is 72.4 cm³/mol. The number of hydrogen-bond acceptors (Lipinski definition) is 5. The van der Waals surface area contributed by atoms with Crippen molar-refractivity contribution in [2.45, 2.75) is 12.8 Å². The molecule has 2 heterocycles. The van der Waals surface area contributed by atoms with Crippen LogP contribution in [0.25, 0.3) is 0 Å². The van der Waals surface area contributed by atoms with Gasteiger partial charge < -0.3 is 14.4 Å². The highest BCUT2D eigenvalue weighted by Gasteiger charge is 2.17. The second-order valence-electron chi connectivity index (χ2n) is 4.86. The molecule has 5 nitrogen and oxygen atoms in total. The zero-order valence-electron chi connectivity index (χ0n) is 11.5. The zero-order valence-corrected chi connectivity index (χ0v) is 11.5. The molecule has 104 valence electrons. The van der Waals surface area contributed by atoms with Crippen molar-refractivity contribution in [2.24, 2.45) is 5.92 Å². The molecule has 0 N–H and O–H groups in total. The normalized spacial score (nSPS) is 18.9. The lowest BCUT2D eigenvalue weighted by molar-refractivity contribution is 0.0575. The summed E-state index contributed by atoms with van der Waals surface area (Å²) >= 11 is 0. The summed E-state index contributed by atoms with van der Waals surface area (Å²) in [5.74, 6) is 0.980. The van der Waals surface area contributed by atoms with Crippen molar-refractivity contribution in [3.63, 3.8) is 0 Å². The van der Waals surface area contributed by atoms with Crippen LogP contribution in [0.3, 0.4) is 0 Å². The molecule has 0 saturated carbocycles. The van der Waals surface area contributed by atoms with Crippen molar-refractivity contribution < 1.29 is 14.3 Å². The predicted octanol–water partition coefficient (Wildman–Crippen LogP) is 1.73. The van der Waals surface area contributed by atoms with Gasteiger partial charge in [0.1, 0.15) is 5.82 Å². The summed E-state index contributed by atoms with van der Waals surface area (Å²) in [5.41, 5.74) is 0.527. The molecule has 1 aliphatic heterocycles. The van der Waals surface area contributed by atoms with E-state index in [2.05, 4.69) is 9.88 Å². The average molecular weight is 264 g/mol. The zero-order chi connectivity index (χ0) is 13.7. The third-order valence-electron chi connectivity index (χ3n) is 3.34. The van der Waals surface area contributed by atoms with Crippen molar-refractivity contribution in [2.75, 3.05) is 38.8 Å². The second kappa shape index (κ2) is 6.52. The fourth-order valence-corrected chi connectivity index (χ4v) is 2.30. The molecule has 0 spiro atoms. The van der Waals surface area contributed by atoms with Crippen LogP contribution in [-0.2, 0) is 9.47 Å². The highest BCUT2D eigenvalue weighted by molar-refractivity contribution is 5.90. The van der Waals surface area contributed by atoms with Gasteiger partial charge in [-0.3, -0.25) is 0 Å². The maximum atomic E-state index is 11.5. The maximum absolute atomic E-state index is 11.5. The van der Waals surface area contributed by atoms with E-state index in [0.29, 0.717) is 11.5 Å². The first-order chi connectivity index (χ1) is 9.20.